The monoisotopic (exact) mass is 310 g/mol. The highest BCUT2D eigenvalue weighted by atomic mass is 16.2. The van der Waals surface area contributed by atoms with E-state index < -0.39 is 0 Å². The first-order chi connectivity index (χ1) is 11.2. The van der Waals surface area contributed by atoms with Gasteiger partial charge in [0.05, 0.1) is 12.2 Å². The summed E-state index contributed by atoms with van der Waals surface area (Å²) in [6.45, 7) is 1.93. The predicted molar refractivity (Wildman–Crippen MR) is 85.3 cm³/mol. The van der Waals surface area contributed by atoms with Crippen LogP contribution in [-0.2, 0) is 17.9 Å². The number of hydrogen-bond donors (Lipinski definition) is 1. The minimum absolute atomic E-state index is 0.129. The summed E-state index contributed by atoms with van der Waals surface area (Å²) >= 11 is 0. The number of carbonyl (C=O) groups is 1. The van der Waals surface area contributed by atoms with E-state index in [9.17, 15) is 4.79 Å². The molecule has 0 radical (unpaired) electrons. The zero-order valence-electron chi connectivity index (χ0n) is 12.7. The number of carbonyl (C=O) groups excluding carboxylic acids is 1. The topological polar surface area (TPSA) is 88.2 Å². The summed E-state index contributed by atoms with van der Waals surface area (Å²) in [4.78, 5) is 29.5. The highest BCUT2D eigenvalue weighted by Gasteiger charge is 2.36. The molecule has 0 bridgehead atoms. The SMILES string of the molecule is Nc1ncc2c(n1)CN(C(=O)C1CCCN1c1ccccn1)C2. The molecule has 0 saturated carbocycles. The summed E-state index contributed by atoms with van der Waals surface area (Å²) in [5, 5.41) is 0. The Morgan fingerprint density at radius 3 is 3.00 bits per heavy atom. The molecule has 7 nitrogen and oxygen atoms in total. The van der Waals surface area contributed by atoms with Gasteiger partial charge in [0.1, 0.15) is 11.9 Å². The number of nitrogen functional groups attached to an aromatic ring is 1. The van der Waals surface area contributed by atoms with Gasteiger partial charge < -0.3 is 15.5 Å². The van der Waals surface area contributed by atoms with Gasteiger partial charge in [-0.1, -0.05) is 6.07 Å². The van der Waals surface area contributed by atoms with E-state index in [4.69, 9.17) is 5.73 Å². The maximum atomic E-state index is 13.0. The van der Waals surface area contributed by atoms with Gasteiger partial charge in [-0.3, -0.25) is 4.79 Å². The molecule has 2 aliphatic heterocycles. The third-order valence-electron chi connectivity index (χ3n) is 4.47. The molecule has 1 fully saturated rings. The Bertz CT molecular complexity index is 735. The van der Waals surface area contributed by atoms with Crippen LogP contribution in [0.2, 0.25) is 0 Å². The molecule has 23 heavy (non-hydrogen) atoms. The first-order valence-electron chi connectivity index (χ1n) is 7.79. The minimum Gasteiger partial charge on any atom is -0.368 e. The van der Waals surface area contributed by atoms with Gasteiger partial charge in [-0.2, -0.15) is 0 Å². The van der Waals surface area contributed by atoms with Crippen molar-refractivity contribution < 1.29 is 4.79 Å². The Hall–Kier alpha value is -2.70. The number of nitrogens with two attached hydrogens (primary N) is 1. The molecular weight excluding hydrogens is 292 g/mol. The molecule has 0 aromatic carbocycles. The van der Waals surface area contributed by atoms with Crippen LogP contribution in [0.25, 0.3) is 0 Å². The highest BCUT2D eigenvalue weighted by molar-refractivity contribution is 5.86. The van der Waals surface area contributed by atoms with E-state index in [0.29, 0.717) is 13.1 Å². The van der Waals surface area contributed by atoms with Crippen molar-refractivity contribution in [1.82, 2.24) is 19.9 Å². The molecule has 1 unspecified atom stereocenters. The van der Waals surface area contributed by atoms with Crippen LogP contribution in [0.3, 0.4) is 0 Å². The zero-order chi connectivity index (χ0) is 15.8. The van der Waals surface area contributed by atoms with Gasteiger partial charge in [-0.05, 0) is 25.0 Å². The molecule has 1 saturated heterocycles. The fourth-order valence-electron chi connectivity index (χ4n) is 3.36. The third-order valence-corrected chi connectivity index (χ3v) is 4.47. The number of pyridine rings is 1. The first kappa shape index (κ1) is 13.9. The maximum Gasteiger partial charge on any atom is 0.245 e. The fraction of sp³-hybridized carbons (Fsp3) is 0.375. The summed E-state index contributed by atoms with van der Waals surface area (Å²) in [5.41, 5.74) is 7.47. The molecule has 2 aromatic rings. The lowest BCUT2D eigenvalue weighted by molar-refractivity contribution is -0.133. The van der Waals surface area contributed by atoms with Crippen LogP contribution in [0.1, 0.15) is 24.1 Å². The molecule has 7 heteroatoms. The highest BCUT2D eigenvalue weighted by Crippen LogP contribution is 2.28. The van der Waals surface area contributed by atoms with Crippen molar-refractivity contribution in [3.63, 3.8) is 0 Å². The van der Waals surface area contributed by atoms with Crippen LogP contribution in [0.15, 0.2) is 30.6 Å². The van der Waals surface area contributed by atoms with Gasteiger partial charge in [0, 0.05) is 31.0 Å². The third kappa shape index (κ3) is 2.48. The van der Waals surface area contributed by atoms with Gasteiger partial charge in [-0.15, -0.1) is 0 Å². The average molecular weight is 310 g/mol. The Balaban J connectivity index is 1.53. The Kier molecular flexibility index (Phi) is 3.33. The predicted octanol–water partition coefficient (Wildman–Crippen LogP) is 0.965. The summed E-state index contributed by atoms with van der Waals surface area (Å²) in [6, 6.07) is 5.64. The molecule has 2 aromatic heterocycles. The lowest BCUT2D eigenvalue weighted by atomic mass is 10.2. The van der Waals surface area contributed by atoms with E-state index >= 15 is 0 Å². The van der Waals surface area contributed by atoms with Crippen molar-refractivity contribution in [1.29, 1.82) is 0 Å². The van der Waals surface area contributed by atoms with Crippen LogP contribution in [0.5, 0.6) is 0 Å². The second-order valence-electron chi connectivity index (χ2n) is 5.93. The number of fused-ring (bicyclic) bond motifs is 1. The molecule has 4 heterocycles. The fourth-order valence-corrected chi connectivity index (χ4v) is 3.36. The Morgan fingerprint density at radius 1 is 1.26 bits per heavy atom. The standard InChI is InChI=1S/C16H18N6O/c17-16-19-8-11-9-21(10-12(11)20-16)15(23)13-4-3-7-22(13)14-5-1-2-6-18-14/h1-2,5-6,8,13H,3-4,7,9-10H2,(H2,17,19,20). The van der Waals surface area contributed by atoms with E-state index in [2.05, 4.69) is 19.9 Å². The van der Waals surface area contributed by atoms with Crippen molar-refractivity contribution in [2.75, 3.05) is 17.2 Å². The van der Waals surface area contributed by atoms with Crippen LogP contribution in [0, 0.1) is 0 Å². The largest absolute Gasteiger partial charge is 0.368 e. The van der Waals surface area contributed by atoms with Crippen molar-refractivity contribution in [3.8, 4) is 0 Å². The van der Waals surface area contributed by atoms with E-state index in [-0.39, 0.29) is 17.9 Å². The van der Waals surface area contributed by atoms with Crippen LogP contribution < -0.4 is 10.6 Å². The average Bonchev–Trinajstić information content (AvgIpc) is 3.21. The number of aromatic nitrogens is 3. The van der Waals surface area contributed by atoms with Crippen molar-refractivity contribution in [2.45, 2.75) is 32.0 Å². The molecule has 2 aliphatic rings. The van der Waals surface area contributed by atoms with E-state index in [0.717, 1.165) is 36.5 Å². The van der Waals surface area contributed by atoms with E-state index in [1.165, 1.54) is 0 Å². The number of rotatable bonds is 2. The van der Waals surface area contributed by atoms with E-state index in [1.54, 1.807) is 12.4 Å². The molecule has 2 N–H and O–H groups in total. The van der Waals surface area contributed by atoms with Crippen molar-refractivity contribution >= 4 is 17.7 Å². The molecule has 1 atom stereocenters. The lowest BCUT2D eigenvalue weighted by Crippen LogP contribution is -2.44. The number of anilines is 2. The molecule has 4 rings (SSSR count). The normalized spacial score (nSPS) is 19.9. The van der Waals surface area contributed by atoms with E-state index in [1.807, 2.05) is 23.1 Å². The molecule has 118 valence electrons. The van der Waals surface area contributed by atoms with Gasteiger partial charge in [0.15, 0.2) is 0 Å². The number of nitrogens with zero attached hydrogens (tertiary/aromatic N) is 5. The molecule has 1 amide bonds. The Morgan fingerprint density at radius 2 is 2.17 bits per heavy atom. The lowest BCUT2D eigenvalue weighted by Gasteiger charge is -2.28. The number of hydrogen-bond acceptors (Lipinski definition) is 6. The quantitative estimate of drug-likeness (QED) is 0.889. The molecular formula is C16H18N6O. The van der Waals surface area contributed by atoms with Gasteiger partial charge in [0.25, 0.3) is 0 Å². The maximum absolute atomic E-state index is 13.0. The second-order valence-corrected chi connectivity index (χ2v) is 5.93. The smallest absolute Gasteiger partial charge is 0.245 e. The van der Waals surface area contributed by atoms with Crippen molar-refractivity contribution in [3.05, 3.63) is 41.9 Å². The summed E-state index contributed by atoms with van der Waals surface area (Å²) in [6.07, 6.45) is 5.34. The van der Waals surface area contributed by atoms with Gasteiger partial charge in [-0.25, -0.2) is 15.0 Å². The van der Waals surface area contributed by atoms with Crippen molar-refractivity contribution in [2.24, 2.45) is 0 Å². The molecule has 0 aliphatic carbocycles. The number of amides is 1. The molecule has 0 spiro atoms. The summed E-state index contributed by atoms with van der Waals surface area (Å²) in [7, 11) is 0. The summed E-state index contributed by atoms with van der Waals surface area (Å²) < 4.78 is 0. The van der Waals surface area contributed by atoms with Crippen LogP contribution >= 0.6 is 0 Å². The van der Waals surface area contributed by atoms with Crippen LogP contribution in [-0.4, -0.2) is 38.3 Å². The van der Waals surface area contributed by atoms with Gasteiger partial charge in [0.2, 0.25) is 11.9 Å². The first-order valence-corrected chi connectivity index (χ1v) is 7.79. The Labute approximate surface area is 134 Å². The second kappa shape index (κ2) is 5.49. The van der Waals surface area contributed by atoms with Gasteiger partial charge >= 0.3 is 0 Å². The summed E-state index contributed by atoms with van der Waals surface area (Å²) in [5.74, 6) is 1.25. The minimum atomic E-state index is -0.149. The van der Waals surface area contributed by atoms with Crippen LogP contribution in [0.4, 0.5) is 11.8 Å². The zero-order valence-corrected chi connectivity index (χ0v) is 12.7.